The number of rotatable bonds is 5. The summed E-state index contributed by atoms with van der Waals surface area (Å²) in [5.74, 6) is -1.20. The predicted molar refractivity (Wildman–Crippen MR) is 73.2 cm³/mol. The van der Waals surface area contributed by atoms with Crippen molar-refractivity contribution in [2.75, 3.05) is 31.2 Å². The van der Waals surface area contributed by atoms with E-state index in [0.717, 1.165) is 11.3 Å². The molecule has 1 aliphatic heterocycles. The lowest BCUT2D eigenvalue weighted by Gasteiger charge is -2.31. The average molecular weight is 282 g/mol. The van der Waals surface area contributed by atoms with Crippen LogP contribution in [0.3, 0.4) is 0 Å². The molecule has 0 aliphatic carbocycles. The predicted octanol–water partition coefficient (Wildman–Crippen LogP) is 1.53. The lowest BCUT2D eigenvalue weighted by Crippen LogP contribution is -2.37. The van der Waals surface area contributed by atoms with Gasteiger partial charge in [-0.3, -0.25) is 4.79 Å². The molecule has 1 aliphatic rings. The minimum atomic E-state index is -0.879. The summed E-state index contributed by atoms with van der Waals surface area (Å²) in [6, 6.07) is 4.05. The molecule has 5 nitrogen and oxygen atoms in total. The summed E-state index contributed by atoms with van der Waals surface area (Å²) in [5, 5.41) is 8.73. The van der Waals surface area contributed by atoms with Gasteiger partial charge in [0.2, 0.25) is 0 Å². The Morgan fingerprint density at radius 2 is 2.15 bits per heavy atom. The van der Waals surface area contributed by atoms with E-state index in [1.54, 1.807) is 6.07 Å². The molecule has 2 rings (SSSR count). The molecule has 0 spiro atoms. The van der Waals surface area contributed by atoms with Crippen LogP contribution in [-0.4, -0.2) is 37.4 Å². The highest BCUT2D eigenvalue weighted by molar-refractivity contribution is 5.67. The second-order valence-electron chi connectivity index (χ2n) is 4.84. The maximum atomic E-state index is 13.5. The summed E-state index contributed by atoms with van der Waals surface area (Å²) < 4.78 is 18.8. The van der Waals surface area contributed by atoms with Gasteiger partial charge < -0.3 is 20.5 Å². The molecule has 0 bridgehead atoms. The van der Waals surface area contributed by atoms with Crippen molar-refractivity contribution in [3.63, 3.8) is 0 Å². The van der Waals surface area contributed by atoms with Crippen LogP contribution in [-0.2, 0) is 9.53 Å². The zero-order valence-electron chi connectivity index (χ0n) is 11.2. The first kappa shape index (κ1) is 14.7. The molecule has 1 heterocycles. The van der Waals surface area contributed by atoms with Crippen molar-refractivity contribution in [1.29, 1.82) is 0 Å². The third kappa shape index (κ3) is 3.68. The monoisotopic (exact) mass is 282 g/mol. The molecule has 0 aromatic heterocycles. The van der Waals surface area contributed by atoms with E-state index < -0.39 is 12.0 Å². The molecule has 3 N–H and O–H groups in total. The summed E-state index contributed by atoms with van der Waals surface area (Å²) in [7, 11) is 0. The lowest BCUT2D eigenvalue weighted by atomic mass is 10.00. The maximum absolute atomic E-state index is 13.5. The first-order valence-corrected chi connectivity index (χ1v) is 6.67. The zero-order valence-corrected chi connectivity index (χ0v) is 11.2. The van der Waals surface area contributed by atoms with Gasteiger partial charge in [-0.2, -0.15) is 0 Å². The van der Waals surface area contributed by atoms with Gasteiger partial charge in [-0.1, -0.05) is 6.07 Å². The quantitative estimate of drug-likeness (QED) is 0.856. The molecule has 20 heavy (non-hydrogen) atoms. The van der Waals surface area contributed by atoms with Crippen LogP contribution >= 0.6 is 0 Å². The molecule has 1 saturated heterocycles. The highest BCUT2D eigenvalue weighted by Crippen LogP contribution is 2.29. The van der Waals surface area contributed by atoms with E-state index in [4.69, 9.17) is 15.6 Å². The molecule has 0 saturated carbocycles. The Balaban J connectivity index is 2.20. The number of hydrogen-bond donors (Lipinski definition) is 2. The Kier molecular flexibility index (Phi) is 4.92. The normalized spacial score (nSPS) is 17.0. The van der Waals surface area contributed by atoms with Gasteiger partial charge in [-0.15, -0.1) is 0 Å². The van der Waals surface area contributed by atoms with Crippen molar-refractivity contribution in [3.8, 4) is 0 Å². The average Bonchev–Trinajstić information content (AvgIpc) is 2.45. The smallest absolute Gasteiger partial charge is 0.303 e. The molecule has 6 heteroatoms. The third-order valence-electron chi connectivity index (χ3n) is 3.41. The van der Waals surface area contributed by atoms with E-state index in [1.165, 1.54) is 12.1 Å². The minimum absolute atomic E-state index is 0.00109. The molecule has 1 fully saturated rings. The van der Waals surface area contributed by atoms with Crippen LogP contribution in [0.2, 0.25) is 0 Å². The second-order valence-corrected chi connectivity index (χ2v) is 4.84. The summed E-state index contributed by atoms with van der Waals surface area (Å²) in [6.07, 6.45) is 0.333. The topological polar surface area (TPSA) is 75.8 Å². The Morgan fingerprint density at radius 3 is 2.80 bits per heavy atom. The second kappa shape index (κ2) is 6.67. The van der Waals surface area contributed by atoms with Crippen molar-refractivity contribution < 1.29 is 19.0 Å². The van der Waals surface area contributed by atoms with Crippen LogP contribution in [0.4, 0.5) is 10.1 Å². The fourth-order valence-corrected chi connectivity index (χ4v) is 2.34. The van der Waals surface area contributed by atoms with Crippen molar-refractivity contribution in [3.05, 3.63) is 29.6 Å². The molecule has 1 aromatic carbocycles. The number of hydrogen-bond acceptors (Lipinski definition) is 4. The van der Waals surface area contributed by atoms with Crippen LogP contribution < -0.4 is 10.6 Å². The van der Waals surface area contributed by atoms with Crippen LogP contribution in [0.1, 0.15) is 24.4 Å². The molecule has 110 valence electrons. The number of carbonyl (C=O) groups is 1. The molecule has 1 unspecified atom stereocenters. The van der Waals surface area contributed by atoms with E-state index in [0.29, 0.717) is 32.7 Å². The van der Waals surface area contributed by atoms with E-state index in [9.17, 15) is 9.18 Å². The largest absolute Gasteiger partial charge is 0.481 e. The number of benzene rings is 1. The standard InChI is InChI=1S/C14H19FN2O3/c15-10-1-2-11(12(16)3-4-14(18)19)13(9-10)17-5-7-20-8-6-17/h1-2,9,12H,3-8,16H2,(H,18,19). The highest BCUT2D eigenvalue weighted by atomic mass is 19.1. The van der Waals surface area contributed by atoms with Gasteiger partial charge in [-0.05, 0) is 24.1 Å². The SMILES string of the molecule is NC(CCC(=O)O)c1ccc(F)cc1N1CCOCC1. The van der Waals surface area contributed by atoms with Gasteiger partial charge >= 0.3 is 5.97 Å². The first-order valence-electron chi connectivity index (χ1n) is 6.67. The van der Waals surface area contributed by atoms with Crippen LogP contribution in [0.25, 0.3) is 0 Å². The number of carboxylic acid groups (broad SMARTS) is 1. The van der Waals surface area contributed by atoms with E-state index >= 15 is 0 Å². The Labute approximate surface area is 117 Å². The van der Waals surface area contributed by atoms with Gasteiger partial charge in [0.25, 0.3) is 0 Å². The molecular weight excluding hydrogens is 263 g/mol. The van der Waals surface area contributed by atoms with Gasteiger partial charge in [0.15, 0.2) is 0 Å². The fraction of sp³-hybridized carbons (Fsp3) is 0.500. The summed E-state index contributed by atoms with van der Waals surface area (Å²) in [6.45, 7) is 2.56. The number of morpholine rings is 1. The van der Waals surface area contributed by atoms with Crippen LogP contribution in [0, 0.1) is 5.82 Å². The number of aliphatic carboxylic acids is 1. The third-order valence-corrected chi connectivity index (χ3v) is 3.41. The van der Waals surface area contributed by atoms with Gasteiger partial charge in [-0.25, -0.2) is 4.39 Å². The van der Waals surface area contributed by atoms with Crippen molar-refractivity contribution in [1.82, 2.24) is 0 Å². The number of anilines is 1. The summed E-state index contributed by atoms with van der Waals surface area (Å²) in [4.78, 5) is 12.7. The number of halogens is 1. The molecule has 1 atom stereocenters. The molecule has 0 amide bonds. The zero-order chi connectivity index (χ0) is 14.5. The minimum Gasteiger partial charge on any atom is -0.481 e. The van der Waals surface area contributed by atoms with E-state index in [1.807, 2.05) is 4.90 Å². The number of nitrogens with two attached hydrogens (primary N) is 1. The van der Waals surface area contributed by atoms with Gasteiger partial charge in [0.05, 0.1) is 13.2 Å². The Morgan fingerprint density at radius 1 is 1.45 bits per heavy atom. The van der Waals surface area contributed by atoms with Crippen molar-refractivity contribution in [2.45, 2.75) is 18.9 Å². The molecule has 1 aromatic rings. The van der Waals surface area contributed by atoms with Crippen molar-refractivity contribution >= 4 is 11.7 Å². The highest BCUT2D eigenvalue weighted by Gasteiger charge is 2.19. The van der Waals surface area contributed by atoms with Gasteiger partial charge in [0, 0.05) is 31.2 Å². The van der Waals surface area contributed by atoms with Crippen LogP contribution in [0.15, 0.2) is 18.2 Å². The Hall–Kier alpha value is -1.66. The summed E-state index contributed by atoms with van der Waals surface area (Å²) >= 11 is 0. The lowest BCUT2D eigenvalue weighted by molar-refractivity contribution is -0.137. The molecular formula is C14H19FN2O3. The number of nitrogens with zero attached hydrogens (tertiary/aromatic N) is 1. The maximum Gasteiger partial charge on any atom is 0.303 e. The van der Waals surface area contributed by atoms with Crippen LogP contribution in [0.5, 0.6) is 0 Å². The number of carboxylic acids is 1. The first-order chi connectivity index (χ1) is 9.58. The molecule has 0 radical (unpaired) electrons. The van der Waals surface area contributed by atoms with E-state index in [2.05, 4.69) is 0 Å². The summed E-state index contributed by atoms with van der Waals surface area (Å²) in [5.41, 5.74) is 7.59. The van der Waals surface area contributed by atoms with Crippen molar-refractivity contribution in [2.24, 2.45) is 5.73 Å². The fourth-order valence-electron chi connectivity index (χ4n) is 2.34. The Bertz CT molecular complexity index is 475. The van der Waals surface area contributed by atoms with Gasteiger partial charge in [0.1, 0.15) is 5.82 Å². The number of ether oxygens (including phenoxy) is 1. The van der Waals surface area contributed by atoms with E-state index in [-0.39, 0.29) is 12.2 Å².